The molecule has 1 aliphatic rings. The van der Waals surface area contributed by atoms with Crippen LogP contribution in [0, 0.1) is 6.92 Å². The van der Waals surface area contributed by atoms with E-state index in [1.165, 1.54) is 16.2 Å². The van der Waals surface area contributed by atoms with Gasteiger partial charge in [-0.15, -0.1) is 22.7 Å². The summed E-state index contributed by atoms with van der Waals surface area (Å²) in [6.07, 6.45) is 0.936. The van der Waals surface area contributed by atoms with Gasteiger partial charge in [0.15, 0.2) is 5.13 Å². The van der Waals surface area contributed by atoms with E-state index in [0.717, 1.165) is 41.6 Å². The van der Waals surface area contributed by atoms with E-state index < -0.39 is 0 Å². The van der Waals surface area contributed by atoms with E-state index in [0.29, 0.717) is 10.8 Å². The van der Waals surface area contributed by atoms with Gasteiger partial charge in [0.1, 0.15) is 10.7 Å². The third kappa shape index (κ3) is 3.12. The second-order valence-electron chi connectivity index (χ2n) is 6.29. The van der Waals surface area contributed by atoms with Crippen molar-refractivity contribution in [3.8, 4) is 10.7 Å². The summed E-state index contributed by atoms with van der Waals surface area (Å²) in [7, 11) is 4.10. The predicted molar refractivity (Wildman–Crippen MR) is 101 cm³/mol. The summed E-state index contributed by atoms with van der Waals surface area (Å²) in [5, 5.41) is 6.21. The molecule has 0 radical (unpaired) electrons. The fourth-order valence-corrected chi connectivity index (χ4v) is 4.80. The zero-order valence-corrected chi connectivity index (χ0v) is 16.0. The normalized spacial score (nSPS) is 14.5. The predicted octanol–water partition coefficient (Wildman–Crippen LogP) is 3.15. The van der Waals surface area contributed by atoms with E-state index in [1.54, 1.807) is 16.7 Å². The fraction of sp³-hybridized carbons (Fsp3) is 0.353. The Kier molecular flexibility index (Phi) is 4.18. The Morgan fingerprint density at radius 1 is 1.28 bits per heavy atom. The van der Waals surface area contributed by atoms with Crippen LogP contribution in [0.15, 0.2) is 17.5 Å². The summed E-state index contributed by atoms with van der Waals surface area (Å²) in [5.74, 6) is -0.201. The van der Waals surface area contributed by atoms with E-state index in [2.05, 4.69) is 31.8 Å². The van der Waals surface area contributed by atoms with E-state index in [1.807, 2.05) is 26.1 Å². The lowest BCUT2D eigenvalue weighted by molar-refractivity contribution is 0.102. The van der Waals surface area contributed by atoms with E-state index >= 15 is 0 Å². The number of likely N-dealkylation sites (N-methyl/N-ethyl adjacent to an activating group) is 1. The molecule has 1 N–H and O–H groups in total. The first-order valence-corrected chi connectivity index (χ1v) is 9.77. The quantitative estimate of drug-likeness (QED) is 0.766. The lowest BCUT2D eigenvalue weighted by atomic mass is 10.2. The van der Waals surface area contributed by atoms with Crippen molar-refractivity contribution in [3.05, 3.63) is 39.5 Å². The lowest BCUT2D eigenvalue weighted by Gasteiger charge is -2.20. The Bertz CT molecular complexity index is 939. The monoisotopic (exact) mass is 373 g/mol. The van der Waals surface area contributed by atoms with Crippen molar-refractivity contribution < 1.29 is 4.79 Å². The molecule has 8 heteroatoms. The number of hydrogen-bond donors (Lipinski definition) is 1. The molecule has 130 valence electrons. The second-order valence-corrected chi connectivity index (χ2v) is 8.23. The molecule has 4 heterocycles. The van der Waals surface area contributed by atoms with Crippen LogP contribution in [-0.4, -0.2) is 38.9 Å². The number of nitrogens with zero attached hydrogens (tertiary/aromatic N) is 4. The third-order valence-electron chi connectivity index (χ3n) is 4.47. The van der Waals surface area contributed by atoms with Crippen molar-refractivity contribution in [2.75, 3.05) is 18.9 Å². The highest BCUT2D eigenvalue weighted by molar-refractivity contribution is 7.16. The molecule has 0 fully saturated rings. The Hall–Kier alpha value is -2.03. The smallest absolute Gasteiger partial charge is 0.276 e. The van der Waals surface area contributed by atoms with Crippen LogP contribution in [0.3, 0.4) is 0 Å². The molecule has 25 heavy (non-hydrogen) atoms. The van der Waals surface area contributed by atoms with E-state index in [4.69, 9.17) is 0 Å². The van der Waals surface area contributed by atoms with Gasteiger partial charge < -0.3 is 9.47 Å². The number of aromatic nitrogens is 3. The minimum absolute atomic E-state index is 0.201. The number of fused-ring (bicyclic) bond motifs is 1. The van der Waals surface area contributed by atoms with Crippen LogP contribution in [0.25, 0.3) is 10.7 Å². The molecule has 6 nitrogen and oxygen atoms in total. The molecular weight excluding hydrogens is 354 g/mol. The second kappa shape index (κ2) is 6.36. The Labute approximate surface area is 154 Å². The van der Waals surface area contributed by atoms with Crippen molar-refractivity contribution in [2.24, 2.45) is 7.05 Å². The lowest BCUT2D eigenvalue weighted by Crippen LogP contribution is -2.25. The number of carbonyl (C=O) groups excluding carboxylic acids is 1. The van der Waals surface area contributed by atoms with Crippen molar-refractivity contribution in [3.63, 3.8) is 0 Å². The number of nitrogens with one attached hydrogen (secondary N) is 1. The van der Waals surface area contributed by atoms with Crippen LogP contribution in [-0.2, 0) is 20.0 Å². The summed E-state index contributed by atoms with van der Waals surface area (Å²) in [4.78, 5) is 25.1. The third-order valence-corrected chi connectivity index (χ3v) is 6.33. The van der Waals surface area contributed by atoms with Gasteiger partial charge in [-0.25, -0.2) is 9.97 Å². The van der Waals surface area contributed by atoms with Crippen LogP contribution in [0.1, 0.15) is 26.8 Å². The molecule has 0 bridgehead atoms. The molecule has 1 aliphatic heterocycles. The van der Waals surface area contributed by atoms with Crippen molar-refractivity contribution in [2.45, 2.75) is 19.9 Å². The molecule has 3 aromatic rings. The topological polar surface area (TPSA) is 63.1 Å². The summed E-state index contributed by atoms with van der Waals surface area (Å²) in [6, 6.07) is 4.08. The molecule has 0 saturated carbocycles. The number of rotatable bonds is 3. The SMILES string of the molecule is Cc1ccc(-c2nc(C(=O)Nc3nc4c(s3)CN(C)CC4)cs2)n1C. The van der Waals surface area contributed by atoms with Crippen LogP contribution < -0.4 is 5.32 Å². The van der Waals surface area contributed by atoms with Gasteiger partial charge in [0.25, 0.3) is 5.91 Å². The van der Waals surface area contributed by atoms with Gasteiger partial charge in [0, 0.05) is 42.5 Å². The van der Waals surface area contributed by atoms with Crippen LogP contribution in [0.4, 0.5) is 5.13 Å². The largest absolute Gasteiger partial charge is 0.346 e. The molecule has 1 amide bonds. The summed E-state index contributed by atoms with van der Waals surface area (Å²) in [5.41, 5.74) is 3.73. The molecule has 0 aliphatic carbocycles. The number of thiazole rings is 2. The van der Waals surface area contributed by atoms with Gasteiger partial charge in [0.2, 0.25) is 0 Å². The molecule has 0 spiro atoms. The number of anilines is 1. The number of carbonyl (C=O) groups is 1. The van der Waals surface area contributed by atoms with Crippen molar-refractivity contribution >= 4 is 33.7 Å². The molecule has 3 aromatic heterocycles. The highest BCUT2D eigenvalue weighted by atomic mass is 32.1. The minimum Gasteiger partial charge on any atom is -0.346 e. The summed E-state index contributed by atoms with van der Waals surface area (Å²) >= 11 is 3.04. The van der Waals surface area contributed by atoms with Gasteiger partial charge in [-0.1, -0.05) is 0 Å². The number of hydrogen-bond acceptors (Lipinski definition) is 6. The molecule has 0 saturated heterocycles. The van der Waals surface area contributed by atoms with E-state index in [-0.39, 0.29) is 5.91 Å². The first-order chi connectivity index (χ1) is 12.0. The number of aryl methyl sites for hydroxylation is 1. The van der Waals surface area contributed by atoms with Gasteiger partial charge >= 0.3 is 0 Å². The molecule has 0 aromatic carbocycles. The highest BCUT2D eigenvalue weighted by Crippen LogP contribution is 2.29. The molecule has 0 atom stereocenters. The molecule has 4 rings (SSSR count). The maximum absolute atomic E-state index is 12.5. The van der Waals surface area contributed by atoms with Crippen molar-refractivity contribution in [1.82, 2.24) is 19.4 Å². The van der Waals surface area contributed by atoms with Gasteiger partial charge in [-0.05, 0) is 26.1 Å². The van der Waals surface area contributed by atoms with Crippen LogP contribution in [0.2, 0.25) is 0 Å². The summed E-state index contributed by atoms with van der Waals surface area (Å²) < 4.78 is 2.08. The maximum atomic E-state index is 12.5. The van der Waals surface area contributed by atoms with Gasteiger partial charge in [0.05, 0.1) is 11.4 Å². The zero-order chi connectivity index (χ0) is 17.6. The Morgan fingerprint density at radius 3 is 2.88 bits per heavy atom. The first-order valence-electron chi connectivity index (χ1n) is 8.08. The molecular formula is C17H19N5OS2. The molecule has 0 unspecified atom stereocenters. The minimum atomic E-state index is -0.201. The van der Waals surface area contributed by atoms with E-state index in [9.17, 15) is 4.79 Å². The average molecular weight is 374 g/mol. The van der Waals surface area contributed by atoms with Crippen LogP contribution >= 0.6 is 22.7 Å². The van der Waals surface area contributed by atoms with Crippen LogP contribution in [0.5, 0.6) is 0 Å². The first kappa shape index (κ1) is 16.4. The van der Waals surface area contributed by atoms with Gasteiger partial charge in [-0.2, -0.15) is 0 Å². The summed E-state index contributed by atoms with van der Waals surface area (Å²) in [6.45, 7) is 3.96. The Balaban J connectivity index is 1.51. The highest BCUT2D eigenvalue weighted by Gasteiger charge is 2.20. The van der Waals surface area contributed by atoms with Gasteiger partial charge in [-0.3, -0.25) is 10.1 Å². The standard InChI is InChI=1S/C17H19N5OS2/c1-10-4-5-13(22(10)3)16-18-12(9-24-16)15(23)20-17-19-11-6-7-21(2)8-14(11)25-17/h4-5,9H,6-8H2,1-3H3,(H,19,20,23). The number of amides is 1. The van der Waals surface area contributed by atoms with Crippen molar-refractivity contribution in [1.29, 1.82) is 0 Å². The maximum Gasteiger partial charge on any atom is 0.276 e. The fourth-order valence-electron chi connectivity index (χ4n) is 2.86. The Morgan fingerprint density at radius 2 is 2.12 bits per heavy atom. The zero-order valence-electron chi connectivity index (χ0n) is 14.4. The average Bonchev–Trinajstić information content (AvgIpc) is 3.27.